The summed E-state index contributed by atoms with van der Waals surface area (Å²) in [5.41, 5.74) is 4.71. The van der Waals surface area contributed by atoms with Gasteiger partial charge in [-0.05, 0) is 40.5 Å². The lowest BCUT2D eigenvalue weighted by Crippen LogP contribution is -2.32. The minimum absolute atomic E-state index is 0.0211. The molecular weight excluding hydrogens is 420 g/mol. The first-order chi connectivity index (χ1) is 15.8. The van der Waals surface area contributed by atoms with Crippen LogP contribution >= 0.6 is 0 Å². The molecule has 2 amide bonds. The number of fused-ring (bicyclic) bond motifs is 3. The maximum atomic E-state index is 12.3. The van der Waals surface area contributed by atoms with E-state index < -0.39 is 12.1 Å². The summed E-state index contributed by atoms with van der Waals surface area (Å²) in [6.07, 6.45) is 0.507. The van der Waals surface area contributed by atoms with Crippen molar-refractivity contribution in [3.05, 3.63) is 59.7 Å². The summed E-state index contributed by atoms with van der Waals surface area (Å²) < 4.78 is 5.53. The predicted molar refractivity (Wildman–Crippen MR) is 126 cm³/mol. The lowest BCUT2D eigenvalue weighted by Gasteiger charge is -2.16. The molecule has 7 heteroatoms. The summed E-state index contributed by atoms with van der Waals surface area (Å²) >= 11 is 0. The highest BCUT2D eigenvalue weighted by Crippen LogP contribution is 2.44. The Morgan fingerprint density at radius 1 is 0.909 bits per heavy atom. The van der Waals surface area contributed by atoms with Crippen molar-refractivity contribution in [2.75, 3.05) is 19.7 Å². The predicted octanol–water partition coefficient (Wildman–Crippen LogP) is 4.17. The monoisotopic (exact) mass is 452 g/mol. The van der Waals surface area contributed by atoms with Crippen molar-refractivity contribution in [1.82, 2.24) is 10.6 Å². The Hall–Kier alpha value is -3.35. The average Bonchev–Trinajstić information content (AvgIpc) is 3.12. The van der Waals surface area contributed by atoms with Crippen LogP contribution in [0.25, 0.3) is 11.1 Å². The van der Waals surface area contributed by atoms with Gasteiger partial charge < -0.3 is 20.5 Å². The smallest absolute Gasteiger partial charge is 0.407 e. The zero-order valence-electron chi connectivity index (χ0n) is 19.2. The quantitative estimate of drug-likeness (QED) is 0.475. The average molecular weight is 453 g/mol. The highest BCUT2D eigenvalue weighted by Gasteiger charge is 2.29. The topological polar surface area (TPSA) is 105 Å². The molecule has 1 aliphatic rings. The van der Waals surface area contributed by atoms with E-state index >= 15 is 0 Å². The summed E-state index contributed by atoms with van der Waals surface area (Å²) in [6, 6.07) is 16.4. The van der Waals surface area contributed by atoms with Crippen LogP contribution in [0.5, 0.6) is 0 Å². The van der Waals surface area contributed by atoms with Crippen molar-refractivity contribution in [2.24, 2.45) is 11.8 Å². The molecule has 0 bridgehead atoms. The van der Waals surface area contributed by atoms with Gasteiger partial charge >= 0.3 is 12.1 Å². The number of hydrogen-bond donors (Lipinski definition) is 3. The number of carbonyl (C=O) groups excluding carboxylic acids is 2. The van der Waals surface area contributed by atoms with Gasteiger partial charge in [-0.1, -0.05) is 62.4 Å². The van der Waals surface area contributed by atoms with E-state index in [9.17, 15) is 14.4 Å². The fourth-order valence-corrected chi connectivity index (χ4v) is 4.13. The molecule has 0 fully saturated rings. The number of carboxylic acids is 1. The summed E-state index contributed by atoms with van der Waals surface area (Å²) in [4.78, 5) is 34.9. The second-order valence-electron chi connectivity index (χ2n) is 8.86. The second-order valence-corrected chi connectivity index (χ2v) is 8.86. The molecule has 7 nitrogen and oxygen atoms in total. The Kier molecular flexibility index (Phi) is 8.46. The van der Waals surface area contributed by atoms with E-state index in [-0.39, 0.29) is 36.7 Å². The third kappa shape index (κ3) is 6.81. The Bertz CT molecular complexity index is 945. The van der Waals surface area contributed by atoms with Gasteiger partial charge in [0.05, 0.1) is 0 Å². The highest BCUT2D eigenvalue weighted by molar-refractivity contribution is 5.79. The van der Waals surface area contributed by atoms with Gasteiger partial charge in [0.25, 0.3) is 0 Å². The van der Waals surface area contributed by atoms with Crippen LogP contribution in [0, 0.1) is 11.8 Å². The lowest BCUT2D eigenvalue weighted by atomic mass is 9.98. The van der Waals surface area contributed by atoms with Crippen LogP contribution in [0.15, 0.2) is 48.5 Å². The van der Waals surface area contributed by atoms with Crippen LogP contribution in [0.2, 0.25) is 0 Å². The van der Waals surface area contributed by atoms with Crippen molar-refractivity contribution in [1.29, 1.82) is 0 Å². The number of hydrogen-bond acceptors (Lipinski definition) is 4. The number of ether oxygens (including phenoxy) is 1. The summed E-state index contributed by atoms with van der Waals surface area (Å²) in [5.74, 6) is -0.968. The number of alkyl carbamates (subject to hydrolysis) is 1. The maximum absolute atomic E-state index is 12.3. The molecular formula is C26H32N2O5. The van der Waals surface area contributed by atoms with E-state index in [1.54, 1.807) is 6.92 Å². The number of aliphatic carboxylic acids is 1. The molecule has 0 aliphatic heterocycles. The van der Waals surface area contributed by atoms with Gasteiger partial charge in [0.2, 0.25) is 5.91 Å². The van der Waals surface area contributed by atoms with Gasteiger partial charge in [-0.25, -0.2) is 4.79 Å². The fourth-order valence-electron chi connectivity index (χ4n) is 4.13. The summed E-state index contributed by atoms with van der Waals surface area (Å²) in [5, 5.41) is 14.3. The van der Waals surface area contributed by atoms with Crippen LogP contribution < -0.4 is 10.6 Å². The minimum Gasteiger partial charge on any atom is -0.481 e. The minimum atomic E-state index is -0.871. The van der Waals surface area contributed by atoms with Crippen molar-refractivity contribution in [3.8, 4) is 11.1 Å². The van der Waals surface area contributed by atoms with Crippen molar-refractivity contribution >= 4 is 18.0 Å². The molecule has 0 heterocycles. The standard InChI is InChI=1S/C26H32N2O5/c1-17(11-12-24(29)27-15-18(2)13-25(30)31)14-28-26(32)33-16-23-21-9-5-3-7-19(21)20-8-4-6-10-22(20)23/h3-10,17-18,23H,11-16H2,1-2H3,(H,27,29)(H,28,32)(H,30,31). The van der Waals surface area contributed by atoms with E-state index in [0.29, 0.717) is 25.9 Å². The molecule has 3 rings (SSSR count). The SMILES string of the molecule is CC(CCC(=O)NCC(C)CC(=O)O)CNC(=O)OCC1c2ccccc2-c2ccccc21. The highest BCUT2D eigenvalue weighted by atomic mass is 16.5. The number of rotatable bonds is 11. The van der Waals surface area contributed by atoms with Crippen LogP contribution in [-0.4, -0.2) is 42.8 Å². The Morgan fingerprint density at radius 3 is 2.09 bits per heavy atom. The van der Waals surface area contributed by atoms with Gasteiger partial charge in [0.1, 0.15) is 6.61 Å². The summed E-state index contributed by atoms with van der Waals surface area (Å²) in [7, 11) is 0. The number of nitrogens with one attached hydrogen (secondary N) is 2. The molecule has 176 valence electrons. The summed E-state index contributed by atoms with van der Waals surface area (Å²) in [6.45, 7) is 4.78. The normalized spacial score (nSPS) is 14.0. The molecule has 1 aliphatic carbocycles. The molecule has 33 heavy (non-hydrogen) atoms. The van der Waals surface area contributed by atoms with E-state index in [1.165, 1.54) is 22.3 Å². The van der Waals surface area contributed by atoms with E-state index in [4.69, 9.17) is 9.84 Å². The largest absolute Gasteiger partial charge is 0.481 e. The van der Waals surface area contributed by atoms with Crippen molar-refractivity contribution < 1.29 is 24.2 Å². The van der Waals surface area contributed by atoms with Gasteiger partial charge in [0.15, 0.2) is 0 Å². The molecule has 2 atom stereocenters. The zero-order chi connectivity index (χ0) is 23.8. The van der Waals surface area contributed by atoms with Crippen LogP contribution in [0.3, 0.4) is 0 Å². The lowest BCUT2D eigenvalue weighted by molar-refractivity contribution is -0.138. The van der Waals surface area contributed by atoms with E-state index in [1.807, 2.05) is 31.2 Å². The van der Waals surface area contributed by atoms with Gasteiger partial charge in [-0.15, -0.1) is 0 Å². The maximum Gasteiger partial charge on any atom is 0.407 e. The molecule has 3 N–H and O–H groups in total. The van der Waals surface area contributed by atoms with E-state index in [0.717, 1.165) is 0 Å². The molecule has 0 saturated heterocycles. The Balaban J connectivity index is 1.38. The first-order valence-electron chi connectivity index (χ1n) is 11.4. The van der Waals surface area contributed by atoms with Gasteiger partial charge in [-0.2, -0.15) is 0 Å². The third-order valence-corrected chi connectivity index (χ3v) is 5.97. The molecule has 2 unspecified atom stereocenters. The Labute approximate surface area is 194 Å². The number of benzene rings is 2. The Morgan fingerprint density at radius 2 is 1.48 bits per heavy atom. The molecule has 0 spiro atoms. The molecule has 2 aromatic carbocycles. The fraction of sp³-hybridized carbons (Fsp3) is 0.423. The first kappa shape index (κ1) is 24.3. The molecule has 2 aromatic rings. The molecule has 0 radical (unpaired) electrons. The first-order valence-corrected chi connectivity index (χ1v) is 11.4. The zero-order valence-corrected chi connectivity index (χ0v) is 19.2. The van der Waals surface area contributed by atoms with Crippen molar-refractivity contribution in [2.45, 2.75) is 39.0 Å². The number of carboxylic acid groups (broad SMARTS) is 1. The van der Waals surface area contributed by atoms with Crippen molar-refractivity contribution in [3.63, 3.8) is 0 Å². The third-order valence-electron chi connectivity index (χ3n) is 5.97. The van der Waals surface area contributed by atoms with E-state index in [2.05, 4.69) is 34.9 Å². The van der Waals surface area contributed by atoms with Gasteiger partial charge in [-0.3, -0.25) is 9.59 Å². The van der Waals surface area contributed by atoms with Gasteiger partial charge in [0, 0.05) is 31.8 Å². The van der Waals surface area contributed by atoms with Crippen LogP contribution in [0.4, 0.5) is 4.79 Å². The second kappa shape index (κ2) is 11.5. The molecule has 0 saturated carbocycles. The van der Waals surface area contributed by atoms with Crippen LogP contribution in [0.1, 0.15) is 50.2 Å². The van der Waals surface area contributed by atoms with Crippen LogP contribution in [-0.2, 0) is 14.3 Å². The number of amides is 2. The molecule has 0 aromatic heterocycles. The number of carbonyl (C=O) groups is 3.